The van der Waals surface area contributed by atoms with Crippen LogP contribution in [-0.4, -0.2) is 25.8 Å². The molecule has 3 rings (SSSR count). The van der Waals surface area contributed by atoms with Crippen LogP contribution in [0.4, 0.5) is 10.1 Å². The minimum atomic E-state index is -0.414. The lowest BCUT2D eigenvalue weighted by molar-refractivity contribution is 0.0530. The molecule has 1 aromatic carbocycles. The third-order valence-electron chi connectivity index (χ3n) is 3.30. The molecule has 0 amide bonds. The van der Waals surface area contributed by atoms with Crippen molar-refractivity contribution in [1.29, 1.82) is 0 Å². The van der Waals surface area contributed by atoms with Crippen LogP contribution in [0.2, 0.25) is 0 Å². The Balaban J connectivity index is 2.07. The van der Waals surface area contributed by atoms with Gasteiger partial charge in [0.15, 0.2) is 0 Å². The second kappa shape index (κ2) is 4.66. The van der Waals surface area contributed by atoms with Crippen molar-refractivity contribution in [2.45, 2.75) is 13.0 Å². The van der Waals surface area contributed by atoms with Crippen LogP contribution in [0.15, 0.2) is 33.7 Å². The molecular weight excluding hydrogens is 249 g/mol. The summed E-state index contributed by atoms with van der Waals surface area (Å²) < 4.78 is 23.9. The lowest BCUT2D eigenvalue weighted by Crippen LogP contribution is -2.43. The predicted octanol–water partition coefficient (Wildman–Crippen LogP) is 2.16. The number of benzene rings is 1. The highest BCUT2D eigenvalue weighted by Crippen LogP contribution is 2.19. The average Bonchev–Trinajstić information content (AvgIpc) is 2.39. The van der Waals surface area contributed by atoms with Crippen molar-refractivity contribution < 1.29 is 13.5 Å². The Kier molecular flexibility index (Phi) is 2.98. The Morgan fingerprint density at radius 2 is 2.26 bits per heavy atom. The fourth-order valence-corrected chi connectivity index (χ4v) is 2.35. The number of halogens is 1. The van der Waals surface area contributed by atoms with Gasteiger partial charge in [-0.3, -0.25) is 4.79 Å². The SMILES string of the molecule is C[C@@H]1CN(c2coc3cc(F)ccc3c2=O)CCO1. The first-order chi connectivity index (χ1) is 9.15. The molecule has 1 saturated heterocycles. The van der Waals surface area contributed by atoms with E-state index in [1.807, 2.05) is 11.8 Å². The molecule has 0 spiro atoms. The van der Waals surface area contributed by atoms with Gasteiger partial charge in [-0.15, -0.1) is 0 Å². The molecule has 4 nitrogen and oxygen atoms in total. The molecule has 1 aliphatic rings. The Morgan fingerprint density at radius 3 is 3.05 bits per heavy atom. The Labute approximate surface area is 109 Å². The maximum atomic E-state index is 13.1. The van der Waals surface area contributed by atoms with Gasteiger partial charge >= 0.3 is 0 Å². The number of ether oxygens (including phenoxy) is 1. The third kappa shape index (κ3) is 2.21. The summed E-state index contributed by atoms with van der Waals surface area (Å²) in [6, 6.07) is 3.96. The smallest absolute Gasteiger partial charge is 0.215 e. The van der Waals surface area contributed by atoms with Crippen LogP contribution in [0, 0.1) is 5.82 Å². The fourth-order valence-electron chi connectivity index (χ4n) is 2.35. The summed E-state index contributed by atoms with van der Waals surface area (Å²) in [5, 5.41) is 0.401. The van der Waals surface area contributed by atoms with E-state index in [2.05, 4.69) is 0 Å². The fraction of sp³-hybridized carbons (Fsp3) is 0.357. The van der Waals surface area contributed by atoms with Crippen LogP contribution in [0.3, 0.4) is 0 Å². The van der Waals surface area contributed by atoms with E-state index in [0.29, 0.717) is 30.8 Å². The van der Waals surface area contributed by atoms with Gasteiger partial charge in [-0.1, -0.05) is 0 Å². The third-order valence-corrected chi connectivity index (χ3v) is 3.30. The molecule has 19 heavy (non-hydrogen) atoms. The van der Waals surface area contributed by atoms with Crippen molar-refractivity contribution in [3.63, 3.8) is 0 Å². The summed E-state index contributed by atoms with van der Waals surface area (Å²) in [6.07, 6.45) is 1.49. The zero-order chi connectivity index (χ0) is 13.4. The minimum absolute atomic E-state index is 0.0806. The predicted molar refractivity (Wildman–Crippen MR) is 70.1 cm³/mol. The molecule has 0 radical (unpaired) electrons. The number of anilines is 1. The van der Waals surface area contributed by atoms with E-state index in [1.54, 1.807) is 0 Å². The van der Waals surface area contributed by atoms with Gasteiger partial charge in [-0.05, 0) is 19.1 Å². The van der Waals surface area contributed by atoms with E-state index in [1.165, 1.54) is 24.5 Å². The monoisotopic (exact) mass is 263 g/mol. The molecule has 100 valence electrons. The van der Waals surface area contributed by atoms with Crippen LogP contribution < -0.4 is 10.3 Å². The van der Waals surface area contributed by atoms with Crippen molar-refractivity contribution in [2.24, 2.45) is 0 Å². The van der Waals surface area contributed by atoms with Gasteiger partial charge in [-0.2, -0.15) is 0 Å². The normalized spacial score (nSPS) is 19.9. The second-order valence-electron chi connectivity index (χ2n) is 4.72. The maximum absolute atomic E-state index is 13.1. The maximum Gasteiger partial charge on any atom is 0.215 e. The molecular formula is C14H14FNO3. The summed E-state index contributed by atoms with van der Waals surface area (Å²) in [7, 11) is 0. The topological polar surface area (TPSA) is 42.7 Å². The summed E-state index contributed by atoms with van der Waals surface area (Å²) >= 11 is 0. The minimum Gasteiger partial charge on any atom is -0.462 e. The summed E-state index contributed by atoms with van der Waals surface area (Å²) in [6.45, 7) is 3.85. The average molecular weight is 263 g/mol. The Hall–Kier alpha value is -1.88. The molecule has 0 N–H and O–H groups in total. The standard InChI is InChI=1S/C14H14FNO3/c1-9-7-16(4-5-18-9)12-8-19-13-6-10(15)2-3-11(13)14(12)17/h2-3,6,8-9H,4-5,7H2,1H3/t9-/m1/s1. The zero-order valence-electron chi connectivity index (χ0n) is 10.6. The summed E-state index contributed by atoms with van der Waals surface area (Å²) in [5.74, 6) is -0.414. The van der Waals surface area contributed by atoms with Crippen LogP contribution in [0.25, 0.3) is 11.0 Å². The van der Waals surface area contributed by atoms with Crippen molar-refractivity contribution in [3.8, 4) is 0 Å². The van der Waals surface area contributed by atoms with Crippen molar-refractivity contribution in [2.75, 3.05) is 24.6 Å². The van der Waals surface area contributed by atoms with E-state index in [4.69, 9.17) is 9.15 Å². The van der Waals surface area contributed by atoms with Crippen molar-refractivity contribution >= 4 is 16.7 Å². The van der Waals surface area contributed by atoms with Gasteiger partial charge in [0.2, 0.25) is 5.43 Å². The van der Waals surface area contributed by atoms with Gasteiger partial charge < -0.3 is 14.1 Å². The first kappa shape index (κ1) is 12.2. The Morgan fingerprint density at radius 1 is 1.42 bits per heavy atom. The van der Waals surface area contributed by atoms with Gasteiger partial charge in [0.1, 0.15) is 23.4 Å². The molecule has 0 unspecified atom stereocenters. The van der Waals surface area contributed by atoms with E-state index in [-0.39, 0.29) is 17.1 Å². The molecule has 1 atom stereocenters. The van der Waals surface area contributed by atoms with Crippen LogP contribution in [0.5, 0.6) is 0 Å². The number of fused-ring (bicyclic) bond motifs is 1. The molecule has 1 aromatic heterocycles. The van der Waals surface area contributed by atoms with Gasteiger partial charge in [0.25, 0.3) is 0 Å². The zero-order valence-corrected chi connectivity index (χ0v) is 10.6. The molecule has 0 bridgehead atoms. The lowest BCUT2D eigenvalue weighted by Gasteiger charge is -2.32. The van der Waals surface area contributed by atoms with E-state index >= 15 is 0 Å². The van der Waals surface area contributed by atoms with Crippen LogP contribution in [0.1, 0.15) is 6.92 Å². The molecule has 1 aliphatic heterocycles. The molecule has 0 saturated carbocycles. The lowest BCUT2D eigenvalue weighted by atomic mass is 10.2. The number of hydrogen-bond acceptors (Lipinski definition) is 4. The van der Waals surface area contributed by atoms with Crippen LogP contribution >= 0.6 is 0 Å². The highest BCUT2D eigenvalue weighted by molar-refractivity contribution is 5.79. The first-order valence-electron chi connectivity index (χ1n) is 6.23. The highest BCUT2D eigenvalue weighted by Gasteiger charge is 2.20. The van der Waals surface area contributed by atoms with Crippen LogP contribution in [-0.2, 0) is 4.74 Å². The summed E-state index contributed by atoms with van der Waals surface area (Å²) in [4.78, 5) is 14.3. The second-order valence-corrected chi connectivity index (χ2v) is 4.72. The molecule has 0 aliphatic carbocycles. The van der Waals surface area contributed by atoms with Gasteiger partial charge in [0.05, 0.1) is 18.1 Å². The molecule has 1 fully saturated rings. The number of rotatable bonds is 1. The number of nitrogens with zero attached hydrogens (tertiary/aromatic N) is 1. The van der Waals surface area contributed by atoms with Gasteiger partial charge in [-0.25, -0.2) is 4.39 Å². The quantitative estimate of drug-likeness (QED) is 0.790. The number of hydrogen-bond donors (Lipinski definition) is 0. The van der Waals surface area contributed by atoms with Gasteiger partial charge in [0, 0.05) is 19.2 Å². The van der Waals surface area contributed by atoms with Crippen molar-refractivity contribution in [3.05, 3.63) is 40.5 Å². The van der Waals surface area contributed by atoms with E-state index < -0.39 is 5.82 Å². The molecule has 2 aromatic rings. The Bertz CT molecular complexity index is 667. The first-order valence-corrected chi connectivity index (χ1v) is 6.23. The van der Waals surface area contributed by atoms with Crippen molar-refractivity contribution in [1.82, 2.24) is 0 Å². The highest BCUT2D eigenvalue weighted by atomic mass is 19.1. The molecule has 2 heterocycles. The largest absolute Gasteiger partial charge is 0.462 e. The summed E-state index contributed by atoms with van der Waals surface area (Å²) in [5.41, 5.74) is 0.652. The number of morpholine rings is 1. The van der Waals surface area contributed by atoms with E-state index in [0.717, 1.165) is 0 Å². The molecule has 5 heteroatoms. The van der Waals surface area contributed by atoms with E-state index in [9.17, 15) is 9.18 Å².